The largest absolute Gasteiger partial charge is 0.416 e. The Balaban J connectivity index is 2.23. The number of anilines is 1. The number of hydrogen-bond donors (Lipinski definition) is 1. The predicted octanol–water partition coefficient (Wildman–Crippen LogP) is 5.89. The zero-order chi connectivity index (χ0) is 29.4. The van der Waals surface area contributed by atoms with E-state index in [1.807, 2.05) is 6.92 Å². The molecular weight excluding hydrogens is 578 g/mol. The number of alkyl halides is 3. The number of halogens is 5. The number of carbonyl (C=O) groups is 2. The minimum absolute atomic E-state index is 0.000614. The normalized spacial score (nSPS) is 12.6. The van der Waals surface area contributed by atoms with Crippen LogP contribution < -0.4 is 9.62 Å². The van der Waals surface area contributed by atoms with E-state index in [0.717, 1.165) is 41.6 Å². The molecule has 0 aliphatic heterocycles. The molecule has 2 aromatic rings. The number of amides is 2. The third kappa shape index (κ3) is 9.88. The Labute approximate surface area is 237 Å². The van der Waals surface area contributed by atoms with Gasteiger partial charge >= 0.3 is 6.18 Å². The lowest BCUT2D eigenvalue weighted by Crippen LogP contribution is -2.48. The Morgan fingerprint density at radius 3 is 2.36 bits per heavy atom. The number of unbranched alkanes of at least 4 members (excludes halogenated alkanes) is 1. The van der Waals surface area contributed by atoms with Gasteiger partial charge in [0, 0.05) is 36.1 Å². The highest BCUT2D eigenvalue weighted by Gasteiger charge is 2.32. The van der Waals surface area contributed by atoms with Gasteiger partial charge in [-0.2, -0.15) is 13.2 Å². The number of rotatable bonds is 13. The molecule has 0 radical (unpaired) electrons. The third-order valence-electron chi connectivity index (χ3n) is 5.97. The van der Waals surface area contributed by atoms with Crippen LogP contribution in [0.3, 0.4) is 0 Å². The summed E-state index contributed by atoms with van der Waals surface area (Å²) in [6, 6.07) is 7.89. The van der Waals surface area contributed by atoms with Gasteiger partial charge in [0.1, 0.15) is 6.04 Å². The van der Waals surface area contributed by atoms with Crippen molar-refractivity contribution in [3.05, 3.63) is 63.6 Å². The molecule has 0 spiro atoms. The van der Waals surface area contributed by atoms with Crippen molar-refractivity contribution >= 4 is 50.7 Å². The van der Waals surface area contributed by atoms with Gasteiger partial charge in [0.05, 0.1) is 17.5 Å². The Hall–Kier alpha value is -2.50. The van der Waals surface area contributed by atoms with Gasteiger partial charge in [-0.25, -0.2) is 8.42 Å². The number of hydrogen-bond acceptors (Lipinski definition) is 4. The second-order valence-corrected chi connectivity index (χ2v) is 11.8. The lowest BCUT2D eigenvalue weighted by Gasteiger charge is -2.30. The fraction of sp³-hybridized carbons (Fsp3) is 0.462. The molecular formula is C26H32Cl2F3N3O4S. The maximum Gasteiger partial charge on any atom is 0.416 e. The van der Waals surface area contributed by atoms with Crippen LogP contribution in [-0.2, 0) is 32.3 Å². The molecule has 2 rings (SSSR count). The summed E-state index contributed by atoms with van der Waals surface area (Å²) in [5.41, 5.74) is -0.587. The molecule has 39 heavy (non-hydrogen) atoms. The molecule has 0 bridgehead atoms. The van der Waals surface area contributed by atoms with Gasteiger partial charge in [0.2, 0.25) is 21.8 Å². The molecule has 1 N–H and O–H groups in total. The summed E-state index contributed by atoms with van der Waals surface area (Å²) >= 11 is 12.3. The van der Waals surface area contributed by atoms with Gasteiger partial charge < -0.3 is 10.2 Å². The van der Waals surface area contributed by atoms with Crippen LogP contribution in [0.2, 0.25) is 10.0 Å². The molecule has 13 heteroatoms. The van der Waals surface area contributed by atoms with Crippen LogP contribution in [0.1, 0.15) is 50.7 Å². The first-order valence-corrected chi connectivity index (χ1v) is 14.9. The van der Waals surface area contributed by atoms with Crippen LogP contribution in [0.4, 0.5) is 18.9 Å². The van der Waals surface area contributed by atoms with E-state index in [1.54, 1.807) is 19.1 Å². The van der Waals surface area contributed by atoms with Gasteiger partial charge in [0.15, 0.2) is 0 Å². The van der Waals surface area contributed by atoms with E-state index >= 15 is 0 Å². The quantitative estimate of drug-likeness (QED) is 0.287. The minimum atomic E-state index is -4.65. The number of benzene rings is 2. The average Bonchev–Trinajstić information content (AvgIpc) is 2.84. The van der Waals surface area contributed by atoms with Gasteiger partial charge in [0.25, 0.3) is 0 Å². The minimum Gasteiger partial charge on any atom is -0.354 e. The van der Waals surface area contributed by atoms with E-state index < -0.39 is 33.7 Å². The molecule has 1 atom stereocenters. The van der Waals surface area contributed by atoms with Crippen molar-refractivity contribution in [2.24, 2.45) is 0 Å². The Bertz CT molecular complexity index is 1260. The van der Waals surface area contributed by atoms with E-state index in [-0.39, 0.29) is 37.5 Å². The van der Waals surface area contributed by atoms with Gasteiger partial charge in [-0.05, 0) is 55.7 Å². The Morgan fingerprint density at radius 1 is 1.08 bits per heavy atom. The van der Waals surface area contributed by atoms with Gasteiger partial charge in [-0.3, -0.25) is 13.9 Å². The predicted molar refractivity (Wildman–Crippen MR) is 147 cm³/mol. The number of carbonyl (C=O) groups excluding carboxylic acids is 2. The first-order chi connectivity index (χ1) is 18.1. The van der Waals surface area contributed by atoms with E-state index in [1.165, 1.54) is 17.0 Å². The fourth-order valence-corrected chi connectivity index (χ4v) is 5.22. The van der Waals surface area contributed by atoms with Gasteiger partial charge in [-0.15, -0.1) is 0 Å². The average molecular weight is 611 g/mol. The highest BCUT2D eigenvalue weighted by atomic mass is 35.5. The summed E-state index contributed by atoms with van der Waals surface area (Å²) in [5, 5.41) is 3.51. The monoisotopic (exact) mass is 609 g/mol. The van der Waals surface area contributed by atoms with E-state index in [4.69, 9.17) is 23.2 Å². The van der Waals surface area contributed by atoms with Crippen LogP contribution in [-0.4, -0.2) is 50.5 Å². The van der Waals surface area contributed by atoms with Crippen molar-refractivity contribution in [2.45, 2.75) is 58.3 Å². The van der Waals surface area contributed by atoms with E-state index in [0.29, 0.717) is 22.2 Å². The summed E-state index contributed by atoms with van der Waals surface area (Å²) in [6.45, 7) is 3.77. The number of sulfonamides is 1. The molecule has 2 aromatic carbocycles. The van der Waals surface area contributed by atoms with Crippen LogP contribution in [0.5, 0.6) is 0 Å². The number of nitrogens with zero attached hydrogens (tertiary/aromatic N) is 2. The van der Waals surface area contributed by atoms with Crippen molar-refractivity contribution in [2.75, 3.05) is 23.7 Å². The van der Waals surface area contributed by atoms with Crippen LogP contribution >= 0.6 is 23.2 Å². The molecule has 216 valence electrons. The summed E-state index contributed by atoms with van der Waals surface area (Å²) in [7, 11) is -3.95. The van der Waals surface area contributed by atoms with E-state index in [2.05, 4.69) is 5.32 Å². The second-order valence-electron chi connectivity index (χ2n) is 9.06. The molecule has 0 aliphatic rings. The number of nitrogens with one attached hydrogen (secondary N) is 1. The van der Waals surface area contributed by atoms with Crippen LogP contribution in [0.15, 0.2) is 42.5 Å². The lowest BCUT2D eigenvalue weighted by molar-refractivity contribution is -0.140. The van der Waals surface area contributed by atoms with Crippen molar-refractivity contribution in [1.82, 2.24) is 10.2 Å². The summed E-state index contributed by atoms with van der Waals surface area (Å²) in [5.74, 6) is -0.805. The molecule has 0 heterocycles. The maximum atomic E-state index is 13.3. The summed E-state index contributed by atoms with van der Waals surface area (Å²) < 4.78 is 65.2. The first kappa shape index (κ1) is 32.7. The van der Waals surface area contributed by atoms with Gasteiger partial charge in [-0.1, -0.05) is 48.7 Å². The maximum absolute atomic E-state index is 13.3. The van der Waals surface area contributed by atoms with Crippen LogP contribution in [0, 0.1) is 0 Å². The molecule has 0 unspecified atom stereocenters. The first-order valence-electron chi connectivity index (χ1n) is 12.3. The fourth-order valence-electron chi connectivity index (χ4n) is 3.79. The molecule has 2 amide bonds. The topological polar surface area (TPSA) is 86.8 Å². The summed E-state index contributed by atoms with van der Waals surface area (Å²) in [4.78, 5) is 27.4. The molecule has 0 aliphatic carbocycles. The summed E-state index contributed by atoms with van der Waals surface area (Å²) in [6.07, 6.45) is -2.29. The molecule has 0 fully saturated rings. The van der Waals surface area contributed by atoms with Crippen molar-refractivity contribution in [1.29, 1.82) is 0 Å². The van der Waals surface area contributed by atoms with Crippen molar-refractivity contribution in [3.63, 3.8) is 0 Å². The SMILES string of the molecule is CCCCNC(=O)[C@@H](C)N(Cc1ccc(Cl)cc1Cl)C(=O)CCCN(c1cccc(C(F)(F)F)c1)S(C)(=O)=O. The standard InChI is InChI=1S/C26H32Cl2F3N3O4S/c1-4-5-13-32-25(36)18(2)33(17-19-11-12-21(27)16-23(19)28)24(35)10-7-14-34(39(3,37)38)22-9-6-8-20(15-22)26(29,30)31/h6,8-9,11-12,15-16,18H,4-5,7,10,13-14,17H2,1-3H3,(H,32,36)/t18-/m1/s1. The van der Waals surface area contributed by atoms with Crippen molar-refractivity contribution < 1.29 is 31.2 Å². The van der Waals surface area contributed by atoms with Crippen molar-refractivity contribution in [3.8, 4) is 0 Å². The molecule has 0 aromatic heterocycles. The Morgan fingerprint density at radius 2 is 1.77 bits per heavy atom. The molecule has 0 saturated heterocycles. The third-order valence-corrected chi connectivity index (χ3v) is 7.75. The molecule has 0 saturated carbocycles. The highest BCUT2D eigenvalue weighted by molar-refractivity contribution is 7.92. The Kier molecular flexibility index (Phi) is 11.9. The van der Waals surface area contributed by atoms with E-state index in [9.17, 15) is 31.2 Å². The zero-order valence-corrected chi connectivity index (χ0v) is 24.2. The lowest BCUT2D eigenvalue weighted by atomic mass is 10.1. The molecule has 7 nitrogen and oxygen atoms in total. The van der Waals surface area contributed by atoms with Crippen LogP contribution in [0.25, 0.3) is 0 Å². The zero-order valence-electron chi connectivity index (χ0n) is 21.9. The second kappa shape index (κ2) is 14.2. The highest BCUT2D eigenvalue weighted by Crippen LogP contribution is 2.32. The smallest absolute Gasteiger partial charge is 0.354 e.